The summed E-state index contributed by atoms with van der Waals surface area (Å²) < 4.78 is 6.50. The highest BCUT2D eigenvalue weighted by atomic mass is 32.1. The molecule has 0 fully saturated rings. The molecule has 0 saturated carbocycles. The Labute approximate surface area is 180 Å². The molecule has 0 aliphatic rings. The van der Waals surface area contributed by atoms with Crippen LogP contribution in [0, 0.1) is 6.92 Å². The Balaban J connectivity index is 1.60. The number of aryl methyl sites for hydroxylation is 1. The second-order valence-corrected chi connectivity index (χ2v) is 7.36. The van der Waals surface area contributed by atoms with E-state index in [1.807, 2.05) is 29.6 Å². The SMILES string of the molecule is COc1ccc(-c2csc(-n3[nH]c(C)c(N=Nc4ccc(C(=O)O)cc4)c3=O)n2)cc1. The van der Waals surface area contributed by atoms with Crippen LogP contribution >= 0.6 is 11.3 Å². The van der Waals surface area contributed by atoms with Gasteiger partial charge in [0.1, 0.15) is 5.75 Å². The van der Waals surface area contributed by atoms with Crippen molar-refractivity contribution in [3.8, 4) is 22.1 Å². The summed E-state index contributed by atoms with van der Waals surface area (Å²) in [5.41, 5.74) is 2.55. The van der Waals surface area contributed by atoms with Gasteiger partial charge in [-0.1, -0.05) is 0 Å². The molecule has 0 aliphatic carbocycles. The fraction of sp³-hybridized carbons (Fsp3) is 0.0952. The Bertz CT molecular complexity index is 1320. The Kier molecular flexibility index (Phi) is 5.46. The smallest absolute Gasteiger partial charge is 0.335 e. The number of aromatic carboxylic acids is 1. The Morgan fingerprint density at radius 1 is 1.13 bits per heavy atom. The second-order valence-electron chi connectivity index (χ2n) is 6.52. The lowest BCUT2D eigenvalue weighted by molar-refractivity contribution is 0.0697. The van der Waals surface area contributed by atoms with Crippen molar-refractivity contribution in [2.45, 2.75) is 6.92 Å². The first-order chi connectivity index (χ1) is 15.0. The lowest BCUT2D eigenvalue weighted by atomic mass is 10.2. The van der Waals surface area contributed by atoms with Gasteiger partial charge in [-0.25, -0.2) is 9.78 Å². The van der Waals surface area contributed by atoms with E-state index in [9.17, 15) is 9.59 Å². The number of nitrogens with one attached hydrogen (secondary N) is 1. The predicted octanol–water partition coefficient (Wildman–Crippen LogP) is 4.72. The van der Waals surface area contributed by atoms with E-state index < -0.39 is 5.97 Å². The van der Waals surface area contributed by atoms with Gasteiger partial charge in [-0.05, 0) is 55.5 Å². The number of carboxylic acid groups (broad SMARTS) is 1. The van der Waals surface area contributed by atoms with Crippen LogP contribution < -0.4 is 10.3 Å². The minimum atomic E-state index is -1.02. The van der Waals surface area contributed by atoms with Gasteiger partial charge < -0.3 is 9.84 Å². The second kappa shape index (κ2) is 8.36. The number of aromatic amines is 1. The number of H-pyrrole nitrogens is 1. The number of ether oxygens (including phenoxy) is 1. The van der Waals surface area contributed by atoms with E-state index >= 15 is 0 Å². The van der Waals surface area contributed by atoms with Gasteiger partial charge in [0, 0.05) is 10.9 Å². The molecule has 0 aliphatic heterocycles. The largest absolute Gasteiger partial charge is 0.497 e. The molecule has 4 aromatic rings. The number of methoxy groups -OCH3 is 1. The van der Waals surface area contributed by atoms with Crippen LogP contribution in [0.3, 0.4) is 0 Å². The highest BCUT2D eigenvalue weighted by Crippen LogP contribution is 2.26. The zero-order chi connectivity index (χ0) is 22.0. The van der Waals surface area contributed by atoms with Crippen molar-refractivity contribution in [3.05, 3.63) is 75.5 Å². The van der Waals surface area contributed by atoms with E-state index in [2.05, 4.69) is 20.3 Å². The molecule has 0 saturated heterocycles. The molecule has 156 valence electrons. The van der Waals surface area contributed by atoms with Crippen molar-refractivity contribution >= 4 is 28.7 Å². The molecule has 0 amide bonds. The first-order valence-electron chi connectivity index (χ1n) is 9.13. The summed E-state index contributed by atoms with van der Waals surface area (Å²) in [6, 6.07) is 13.4. The first kappa shape index (κ1) is 20.2. The number of hydrogen-bond donors (Lipinski definition) is 2. The predicted molar refractivity (Wildman–Crippen MR) is 116 cm³/mol. The summed E-state index contributed by atoms with van der Waals surface area (Å²) in [6.45, 7) is 1.72. The lowest BCUT2D eigenvalue weighted by Gasteiger charge is -2.00. The van der Waals surface area contributed by atoms with Crippen LogP contribution in [0.2, 0.25) is 0 Å². The lowest BCUT2D eigenvalue weighted by Crippen LogP contribution is -2.13. The number of aromatic nitrogens is 3. The fourth-order valence-corrected chi connectivity index (χ4v) is 3.62. The molecule has 2 heterocycles. The normalized spacial score (nSPS) is 11.2. The van der Waals surface area contributed by atoms with E-state index in [-0.39, 0.29) is 16.8 Å². The summed E-state index contributed by atoms with van der Waals surface area (Å²) in [6.07, 6.45) is 0. The molecule has 31 heavy (non-hydrogen) atoms. The van der Waals surface area contributed by atoms with Crippen molar-refractivity contribution in [2.75, 3.05) is 7.11 Å². The number of thiazole rings is 1. The molecular formula is C21H17N5O4S. The summed E-state index contributed by atoms with van der Waals surface area (Å²) >= 11 is 1.32. The minimum Gasteiger partial charge on any atom is -0.497 e. The monoisotopic (exact) mass is 435 g/mol. The van der Waals surface area contributed by atoms with E-state index in [4.69, 9.17) is 9.84 Å². The van der Waals surface area contributed by atoms with Crippen molar-refractivity contribution in [1.82, 2.24) is 14.8 Å². The average molecular weight is 435 g/mol. The maximum Gasteiger partial charge on any atom is 0.335 e. The van der Waals surface area contributed by atoms with Crippen LogP contribution in [0.25, 0.3) is 16.4 Å². The maximum atomic E-state index is 12.8. The van der Waals surface area contributed by atoms with E-state index in [0.717, 1.165) is 17.0 Å². The highest BCUT2D eigenvalue weighted by Gasteiger charge is 2.15. The van der Waals surface area contributed by atoms with Crippen molar-refractivity contribution in [3.63, 3.8) is 0 Å². The van der Waals surface area contributed by atoms with Gasteiger partial charge >= 0.3 is 11.5 Å². The molecule has 2 N–H and O–H groups in total. The molecule has 0 atom stereocenters. The highest BCUT2D eigenvalue weighted by molar-refractivity contribution is 7.12. The fourth-order valence-electron chi connectivity index (χ4n) is 2.83. The molecule has 0 bridgehead atoms. The Morgan fingerprint density at radius 2 is 1.84 bits per heavy atom. The van der Waals surface area contributed by atoms with Crippen LogP contribution in [0.15, 0.2) is 68.9 Å². The van der Waals surface area contributed by atoms with Crippen molar-refractivity contribution in [2.24, 2.45) is 10.2 Å². The molecule has 0 spiro atoms. The van der Waals surface area contributed by atoms with E-state index in [1.165, 1.54) is 40.3 Å². The molecule has 4 rings (SSSR count). The molecular weight excluding hydrogens is 418 g/mol. The Morgan fingerprint density at radius 3 is 2.48 bits per heavy atom. The molecule has 0 unspecified atom stereocenters. The van der Waals surface area contributed by atoms with Gasteiger partial charge in [0.2, 0.25) is 5.13 Å². The molecule has 9 nitrogen and oxygen atoms in total. The van der Waals surface area contributed by atoms with Crippen LogP contribution in [0.1, 0.15) is 16.1 Å². The van der Waals surface area contributed by atoms with Gasteiger partial charge in [-0.3, -0.25) is 9.89 Å². The maximum absolute atomic E-state index is 12.8. The standard InChI is InChI=1S/C21H17N5O4S/c1-12-18(24-23-15-7-3-14(4-8-15)20(28)29)19(27)26(25-12)21-22-17(11-31-21)13-5-9-16(30-2)10-6-13/h3-11,25H,1-2H3,(H,28,29). The first-order valence-corrected chi connectivity index (χ1v) is 10.0. The third kappa shape index (κ3) is 4.14. The summed E-state index contributed by atoms with van der Waals surface area (Å²) in [5, 5.41) is 22.4. The van der Waals surface area contributed by atoms with Crippen LogP contribution in [0.4, 0.5) is 11.4 Å². The van der Waals surface area contributed by atoms with Gasteiger partial charge in [0.05, 0.1) is 29.7 Å². The van der Waals surface area contributed by atoms with E-state index in [1.54, 1.807) is 14.0 Å². The summed E-state index contributed by atoms with van der Waals surface area (Å²) in [5.74, 6) is -0.270. The Hall–Kier alpha value is -4.05. The van der Waals surface area contributed by atoms with Gasteiger partial charge in [-0.2, -0.15) is 9.80 Å². The number of nitrogens with zero attached hydrogens (tertiary/aromatic N) is 4. The van der Waals surface area contributed by atoms with Gasteiger partial charge in [0.15, 0.2) is 5.69 Å². The topological polar surface area (TPSA) is 122 Å². The molecule has 2 aromatic heterocycles. The van der Waals surface area contributed by atoms with Crippen molar-refractivity contribution < 1.29 is 14.6 Å². The number of carboxylic acids is 1. The minimum absolute atomic E-state index is 0.149. The van der Waals surface area contributed by atoms with Crippen LogP contribution in [-0.2, 0) is 0 Å². The average Bonchev–Trinajstić information content (AvgIpc) is 3.37. The molecule has 2 aromatic carbocycles. The molecule has 10 heteroatoms. The van der Waals surface area contributed by atoms with Crippen LogP contribution in [0.5, 0.6) is 5.75 Å². The zero-order valence-corrected chi connectivity index (χ0v) is 17.4. The number of azo groups is 1. The van der Waals surface area contributed by atoms with Gasteiger partial charge in [0.25, 0.3) is 0 Å². The third-order valence-corrected chi connectivity index (χ3v) is 5.32. The number of carbonyl (C=O) groups is 1. The molecule has 0 radical (unpaired) electrons. The summed E-state index contributed by atoms with van der Waals surface area (Å²) in [7, 11) is 1.61. The number of hydrogen-bond acceptors (Lipinski definition) is 7. The quantitative estimate of drug-likeness (QED) is 0.424. The zero-order valence-electron chi connectivity index (χ0n) is 16.6. The van der Waals surface area contributed by atoms with Crippen molar-refractivity contribution in [1.29, 1.82) is 0 Å². The van der Waals surface area contributed by atoms with Gasteiger partial charge in [-0.15, -0.1) is 16.5 Å². The third-order valence-electron chi connectivity index (χ3n) is 4.49. The van der Waals surface area contributed by atoms with Crippen LogP contribution in [-0.4, -0.2) is 33.0 Å². The van der Waals surface area contributed by atoms with E-state index in [0.29, 0.717) is 16.5 Å². The number of benzene rings is 2. The summed E-state index contributed by atoms with van der Waals surface area (Å²) in [4.78, 5) is 28.3. The number of rotatable bonds is 6.